The highest BCUT2D eigenvalue weighted by Gasteiger charge is 2.33. The standard InChI is InChI=1S/C16H24N2O6S/c1-11(22)17-14(15(23)18-16(8-19,9-20)10-21)7-25-13-5-3-12(24-2)4-6-13/h3-6,14,19-21H,7-10H2,1-2H3,(H,17,22)(H,18,23). The van der Waals surface area contributed by atoms with Gasteiger partial charge in [-0.15, -0.1) is 11.8 Å². The molecule has 0 bridgehead atoms. The van der Waals surface area contributed by atoms with Crippen LogP contribution in [-0.2, 0) is 9.59 Å². The van der Waals surface area contributed by atoms with Crippen molar-refractivity contribution in [2.24, 2.45) is 0 Å². The fourth-order valence-electron chi connectivity index (χ4n) is 1.90. The molecule has 0 radical (unpaired) electrons. The van der Waals surface area contributed by atoms with E-state index in [0.717, 1.165) is 4.90 Å². The molecule has 140 valence electrons. The van der Waals surface area contributed by atoms with Gasteiger partial charge in [-0.25, -0.2) is 0 Å². The zero-order chi connectivity index (χ0) is 18.9. The van der Waals surface area contributed by atoms with E-state index in [-0.39, 0.29) is 5.75 Å². The molecule has 0 aliphatic heterocycles. The van der Waals surface area contributed by atoms with Crippen LogP contribution in [0.3, 0.4) is 0 Å². The molecule has 1 unspecified atom stereocenters. The van der Waals surface area contributed by atoms with Gasteiger partial charge < -0.3 is 30.7 Å². The third kappa shape index (κ3) is 6.54. The quantitative estimate of drug-likeness (QED) is 0.338. The molecule has 1 aromatic carbocycles. The molecule has 0 aliphatic carbocycles. The number of thioether (sulfide) groups is 1. The maximum absolute atomic E-state index is 12.4. The number of methoxy groups -OCH3 is 1. The summed E-state index contributed by atoms with van der Waals surface area (Å²) in [5, 5.41) is 32.9. The van der Waals surface area contributed by atoms with Gasteiger partial charge in [0.15, 0.2) is 0 Å². The van der Waals surface area contributed by atoms with Gasteiger partial charge in [0.1, 0.15) is 17.3 Å². The summed E-state index contributed by atoms with van der Waals surface area (Å²) in [6, 6.07) is 6.32. The summed E-state index contributed by atoms with van der Waals surface area (Å²) in [5.74, 6) is -0.0543. The molecule has 1 aromatic rings. The Balaban J connectivity index is 2.78. The first-order chi connectivity index (χ1) is 11.9. The number of ether oxygens (including phenoxy) is 1. The Hall–Kier alpha value is -1.81. The summed E-state index contributed by atoms with van der Waals surface area (Å²) >= 11 is 1.35. The van der Waals surface area contributed by atoms with Crippen molar-refractivity contribution >= 4 is 23.6 Å². The van der Waals surface area contributed by atoms with Crippen molar-refractivity contribution in [2.75, 3.05) is 32.7 Å². The van der Waals surface area contributed by atoms with Crippen LogP contribution in [0.4, 0.5) is 0 Å². The number of amides is 2. The van der Waals surface area contributed by atoms with Gasteiger partial charge in [-0.3, -0.25) is 9.59 Å². The molecule has 0 saturated carbocycles. The minimum absolute atomic E-state index is 0.232. The molecular formula is C16H24N2O6S. The van der Waals surface area contributed by atoms with Crippen LogP contribution in [0.15, 0.2) is 29.2 Å². The fourth-order valence-corrected chi connectivity index (χ4v) is 2.82. The average molecular weight is 372 g/mol. The molecule has 9 heteroatoms. The normalized spacial score (nSPS) is 12.4. The number of carbonyl (C=O) groups is 2. The van der Waals surface area contributed by atoms with E-state index in [2.05, 4.69) is 10.6 Å². The summed E-state index contributed by atoms with van der Waals surface area (Å²) in [5.41, 5.74) is -1.54. The minimum Gasteiger partial charge on any atom is -0.497 e. The van der Waals surface area contributed by atoms with Gasteiger partial charge in [-0.2, -0.15) is 0 Å². The SMILES string of the molecule is COc1ccc(SCC(NC(C)=O)C(=O)NC(CO)(CO)CO)cc1. The number of benzene rings is 1. The topological polar surface area (TPSA) is 128 Å². The Morgan fingerprint density at radius 1 is 1.16 bits per heavy atom. The lowest BCUT2D eigenvalue weighted by Crippen LogP contribution is -2.61. The Morgan fingerprint density at radius 3 is 2.16 bits per heavy atom. The van der Waals surface area contributed by atoms with Crippen molar-refractivity contribution in [3.63, 3.8) is 0 Å². The zero-order valence-electron chi connectivity index (χ0n) is 14.2. The van der Waals surface area contributed by atoms with Crippen molar-refractivity contribution in [1.29, 1.82) is 0 Å². The predicted molar refractivity (Wildman–Crippen MR) is 93.5 cm³/mol. The van der Waals surface area contributed by atoms with Gasteiger partial charge in [0, 0.05) is 17.6 Å². The number of aliphatic hydroxyl groups is 3. The summed E-state index contributed by atoms with van der Waals surface area (Å²) < 4.78 is 5.08. The van der Waals surface area contributed by atoms with Crippen molar-refractivity contribution in [2.45, 2.75) is 23.4 Å². The Labute approximate surface area is 150 Å². The van der Waals surface area contributed by atoms with Crippen LogP contribution in [0.25, 0.3) is 0 Å². The molecular weight excluding hydrogens is 348 g/mol. The van der Waals surface area contributed by atoms with Gasteiger partial charge in [0.05, 0.1) is 26.9 Å². The maximum Gasteiger partial charge on any atom is 0.244 e. The highest BCUT2D eigenvalue weighted by Crippen LogP contribution is 2.22. The van der Waals surface area contributed by atoms with Crippen LogP contribution in [-0.4, -0.2) is 71.4 Å². The van der Waals surface area contributed by atoms with Crippen molar-refractivity contribution in [3.05, 3.63) is 24.3 Å². The van der Waals surface area contributed by atoms with E-state index < -0.39 is 43.2 Å². The number of aliphatic hydroxyl groups excluding tert-OH is 3. The first kappa shape index (κ1) is 21.2. The first-order valence-electron chi connectivity index (χ1n) is 7.58. The van der Waals surface area contributed by atoms with Gasteiger partial charge in [-0.1, -0.05) is 0 Å². The lowest BCUT2D eigenvalue weighted by molar-refractivity contribution is -0.130. The second kappa shape index (κ2) is 10.2. The number of rotatable bonds is 10. The highest BCUT2D eigenvalue weighted by molar-refractivity contribution is 7.99. The molecule has 0 heterocycles. The molecule has 8 nitrogen and oxygen atoms in total. The smallest absolute Gasteiger partial charge is 0.244 e. The van der Waals surface area contributed by atoms with Crippen LogP contribution in [0, 0.1) is 0 Å². The molecule has 1 rings (SSSR count). The van der Waals surface area contributed by atoms with Crippen LogP contribution < -0.4 is 15.4 Å². The lowest BCUT2D eigenvalue weighted by atomic mass is 10.0. The molecule has 0 aromatic heterocycles. The van der Waals surface area contributed by atoms with Crippen molar-refractivity contribution in [3.8, 4) is 5.75 Å². The summed E-state index contributed by atoms with van der Waals surface area (Å²) in [4.78, 5) is 24.6. The Kier molecular flexibility index (Phi) is 8.70. The summed E-state index contributed by atoms with van der Waals surface area (Å²) in [7, 11) is 1.56. The summed E-state index contributed by atoms with van der Waals surface area (Å²) in [6.45, 7) is -0.617. The average Bonchev–Trinajstić information content (AvgIpc) is 2.63. The predicted octanol–water partition coefficient (Wildman–Crippen LogP) is -0.876. The minimum atomic E-state index is -1.54. The van der Waals surface area contributed by atoms with Gasteiger partial charge >= 0.3 is 0 Å². The first-order valence-corrected chi connectivity index (χ1v) is 8.57. The molecule has 0 fully saturated rings. The van der Waals surface area contributed by atoms with Crippen LogP contribution in [0.2, 0.25) is 0 Å². The van der Waals surface area contributed by atoms with Gasteiger partial charge in [0.25, 0.3) is 0 Å². The molecule has 25 heavy (non-hydrogen) atoms. The molecule has 2 amide bonds. The van der Waals surface area contributed by atoms with E-state index in [0.29, 0.717) is 5.75 Å². The zero-order valence-corrected chi connectivity index (χ0v) is 15.0. The Bertz CT molecular complexity index is 554. The van der Waals surface area contributed by atoms with Crippen LogP contribution in [0.1, 0.15) is 6.92 Å². The van der Waals surface area contributed by atoms with E-state index in [1.807, 2.05) is 12.1 Å². The van der Waals surface area contributed by atoms with E-state index in [4.69, 9.17) is 4.74 Å². The van der Waals surface area contributed by atoms with E-state index in [9.17, 15) is 24.9 Å². The largest absolute Gasteiger partial charge is 0.497 e. The van der Waals surface area contributed by atoms with Crippen LogP contribution >= 0.6 is 11.8 Å². The van der Waals surface area contributed by atoms with Gasteiger partial charge in [-0.05, 0) is 24.3 Å². The number of nitrogens with one attached hydrogen (secondary N) is 2. The number of carbonyl (C=O) groups excluding carboxylic acids is 2. The third-order valence-corrected chi connectivity index (χ3v) is 4.57. The van der Waals surface area contributed by atoms with Crippen molar-refractivity contribution in [1.82, 2.24) is 10.6 Å². The number of hydrogen-bond donors (Lipinski definition) is 5. The number of hydrogen-bond acceptors (Lipinski definition) is 7. The third-order valence-electron chi connectivity index (χ3n) is 3.47. The lowest BCUT2D eigenvalue weighted by Gasteiger charge is -2.30. The second-order valence-electron chi connectivity index (χ2n) is 5.48. The van der Waals surface area contributed by atoms with Crippen LogP contribution in [0.5, 0.6) is 5.75 Å². The molecule has 1 atom stereocenters. The second-order valence-corrected chi connectivity index (χ2v) is 6.58. The van der Waals surface area contributed by atoms with E-state index in [1.54, 1.807) is 19.2 Å². The van der Waals surface area contributed by atoms with E-state index >= 15 is 0 Å². The Morgan fingerprint density at radius 2 is 1.72 bits per heavy atom. The molecule has 0 saturated heterocycles. The van der Waals surface area contributed by atoms with Gasteiger partial charge in [0.2, 0.25) is 11.8 Å². The molecule has 5 N–H and O–H groups in total. The summed E-state index contributed by atoms with van der Waals surface area (Å²) in [6.07, 6.45) is 0. The molecule has 0 aliphatic rings. The maximum atomic E-state index is 12.4. The fraction of sp³-hybridized carbons (Fsp3) is 0.500. The highest BCUT2D eigenvalue weighted by atomic mass is 32.2. The van der Waals surface area contributed by atoms with Crippen molar-refractivity contribution < 1.29 is 29.6 Å². The molecule has 0 spiro atoms. The van der Waals surface area contributed by atoms with E-state index in [1.165, 1.54) is 18.7 Å². The monoisotopic (exact) mass is 372 g/mol.